The van der Waals surface area contributed by atoms with E-state index < -0.39 is 0 Å². The van der Waals surface area contributed by atoms with Crippen LogP contribution in [0.2, 0.25) is 0 Å². The van der Waals surface area contributed by atoms with E-state index in [2.05, 4.69) is 29.3 Å². The molecule has 24 heavy (non-hydrogen) atoms. The highest BCUT2D eigenvalue weighted by molar-refractivity contribution is 8.00. The zero-order chi connectivity index (χ0) is 17.2. The predicted molar refractivity (Wildman–Crippen MR) is 94.8 cm³/mol. The normalized spacial score (nSPS) is 18.2. The molecule has 1 unspecified atom stereocenters. The van der Waals surface area contributed by atoms with Crippen molar-refractivity contribution in [3.8, 4) is 11.5 Å². The van der Waals surface area contributed by atoms with Gasteiger partial charge in [-0.15, -0.1) is 0 Å². The van der Waals surface area contributed by atoms with Crippen LogP contribution in [0.25, 0.3) is 11.5 Å². The van der Waals surface area contributed by atoms with Gasteiger partial charge in [0.1, 0.15) is 0 Å². The molecule has 1 aliphatic rings. The molecule has 0 radical (unpaired) electrons. The molecule has 0 aliphatic carbocycles. The maximum Gasteiger partial charge on any atom is 0.318 e. The van der Waals surface area contributed by atoms with Gasteiger partial charge in [-0.2, -0.15) is 16.7 Å². The van der Waals surface area contributed by atoms with E-state index in [1.54, 1.807) is 0 Å². The second-order valence-corrected chi connectivity index (χ2v) is 8.33. The number of amides is 2. The lowest BCUT2D eigenvalue weighted by Gasteiger charge is -2.37. The molecule has 0 bridgehead atoms. The maximum atomic E-state index is 12.5. The molecule has 2 aromatic rings. The largest absolute Gasteiger partial charge is 0.334 e. The summed E-state index contributed by atoms with van der Waals surface area (Å²) in [6.45, 7) is 7.67. The molecule has 1 saturated heterocycles. The van der Waals surface area contributed by atoms with Gasteiger partial charge < -0.3 is 14.7 Å². The number of rotatable bonds is 3. The Balaban J connectivity index is 1.64. The molecule has 1 aromatic heterocycles. The van der Waals surface area contributed by atoms with Crippen molar-refractivity contribution in [2.24, 2.45) is 0 Å². The minimum Gasteiger partial charge on any atom is -0.334 e. The smallest absolute Gasteiger partial charge is 0.318 e. The lowest BCUT2D eigenvalue weighted by molar-refractivity contribution is 0.191. The third kappa shape index (κ3) is 3.90. The first kappa shape index (κ1) is 16.8. The Morgan fingerprint density at radius 1 is 1.38 bits per heavy atom. The van der Waals surface area contributed by atoms with Crippen LogP contribution in [0.15, 0.2) is 34.9 Å². The Labute approximate surface area is 146 Å². The van der Waals surface area contributed by atoms with Gasteiger partial charge in [0.2, 0.25) is 0 Å². The Bertz CT molecular complexity index is 702. The molecule has 7 heteroatoms. The van der Waals surface area contributed by atoms with Crippen LogP contribution >= 0.6 is 11.8 Å². The monoisotopic (exact) mass is 346 g/mol. The van der Waals surface area contributed by atoms with Crippen LogP contribution in [-0.4, -0.2) is 44.7 Å². The number of hydrogen-bond donors (Lipinski definition) is 1. The first-order valence-corrected chi connectivity index (χ1v) is 9.02. The second kappa shape index (κ2) is 6.84. The molecule has 2 amide bonds. The van der Waals surface area contributed by atoms with Crippen molar-refractivity contribution in [2.75, 3.05) is 18.8 Å². The molecule has 1 fully saturated rings. The van der Waals surface area contributed by atoms with Gasteiger partial charge in [0, 0.05) is 29.2 Å². The average molecular weight is 346 g/mol. The minimum atomic E-state index is -0.309. The zero-order valence-electron chi connectivity index (χ0n) is 14.2. The number of aromatic nitrogens is 2. The summed E-state index contributed by atoms with van der Waals surface area (Å²) in [5.74, 6) is 1.89. The summed E-state index contributed by atoms with van der Waals surface area (Å²) in [6.07, 6.45) is 0. The lowest BCUT2D eigenvalue weighted by atomic mass is 10.2. The zero-order valence-corrected chi connectivity index (χ0v) is 15.0. The van der Waals surface area contributed by atoms with E-state index in [9.17, 15) is 4.79 Å². The topological polar surface area (TPSA) is 71.3 Å². The lowest BCUT2D eigenvalue weighted by Crippen LogP contribution is -2.50. The summed E-state index contributed by atoms with van der Waals surface area (Å²) in [7, 11) is 0. The van der Waals surface area contributed by atoms with Crippen LogP contribution < -0.4 is 5.32 Å². The molecule has 0 spiro atoms. The molecule has 1 aromatic carbocycles. The van der Waals surface area contributed by atoms with Crippen LogP contribution in [0, 0.1) is 0 Å². The van der Waals surface area contributed by atoms with E-state index in [4.69, 9.17) is 4.52 Å². The Hall–Kier alpha value is -2.02. The van der Waals surface area contributed by atoms with Crippen molar-refractivity contribution in [1.82, 2.24) is 20.4 Å². The fourth-order valence-corrected chi connectivity index (χ4v) is 3.75. The first-order valence-electron chi connectivity index (χ1n) is 8.03. The van der Waals surface area contributed by atoms with E-state index >= 15 is 0 Å². The molecule has 1 aliphatic heterocycles. The highest BCUT2D eigenvalue weighted by Crippen LogP contribution is 2.29. The first-order chi connectivity index (χ1) is 11.4. The van der Waals surface area contributed by atoms with Crippen molar-refractivity contribution in [3.63, 3.8) is 0 Å². The standard InChI is InChI=1S/C17H22N4O2S/c1-12(18-16(22)21-9-10-24-17(2,3)11-21)14-19-15(23-20-14)13-7-5-4-6-8-13/h4-8,12H,9-11H2,1-3H3,(H,18,22). The predicted octanol–water partition coefficient (Wildman–Crippen LogP) is 3.33. The summed E-state index contributed by atoms with van der Waals surface area (Å²) in [5.41, 5.74) is 0.865. The van der Waals surface area contributed by atoms with Gasteiger partial charge in [-0.1, -0.05) is 23.4 Å². The summed E-state index contributed by atoms with van der Waals surface area (Å²) in [6, 6.07) is 9.20. The van der Waals surface area contributed by atoms with E-state index in [-0.39, 0.29) is 16.8 Å². The van der Waals surface area contributed by atoms with Gasteiger partial charge in [0.25, 0.3) is 5.89 Å². The van der Waals surface area contributed by atoms with Crippen molar-refractivity contribution in [1.29, 1.82) is 0 Å². The van der Waals surface area contributed by atoms with E-state index in [0.717, 1.165) is 24.4 Å². The number of benzene rings is 1. The average Bonchev–Trinajstić information content (AvgIpc) is 3.05. The van der Waals surface area contributed by atoms with Crippen molar-refractivity contribution in [3.05, 3.63) is 36.2 Å². The molecule has 6 nitrogen and oxygen atoms in total. The second-order valence-electron chi connectivity index (χ2n) is 6.52. The minimum absolute atomic E-state index is 0.0815. The molecule has 3 rings (SSSR count). The van der Waals surface area contributed by atoms with Gasteiger partial charge in [-0.25, -0.2) is 4.79 Å². The quantitative estimate of drug-likeness (QED) is 0.923. The van der Waals surface area contributed by atoms with Crippen molar-refractivity contribution < 1.29 is 9.32 Å². The number of nitrogens with zero attached hydrogens (tertiary/aromatic N) is 3. The van der Waals surface area contributed by atoms with Gasteiger partial charge in [0.15, 0.2) is 5.82 Å². The number of thioether (sulfide) groups is 1. The van der Waals surface area contributed by atoms with Crippen molar-refractivity contribution >= 4 is 17.8 Å². The molecule has 0 saturated carbocycles. The Kier molecular flexibility index (Phi) is 4.80. The summed E-state index contributed by atoms with van der Waals surface area (Å²) >= 11 is 1.90. The molecule has 1 atom stereocenters. The molecule has 128 valence electrons. The van der Waals surface area contributed by atoms with E-state index in [1.165, 1.54) is 0 Å². The van der Waals surface area contributed by atoms with Crippen LogP contribution in [0.3, 0.4) is 0 Å². The molecular weight excluding hydrogens is 324 g/mol. The van der Waals surface area contributed by atoms with Gasteiger partial charge in [-0.05, 0) is 32.9 Å². The van der Waals surface area contributed by atoms with E-state index in [1.807, 2.05) is 53.9 Å². The van der Waals surface area contributed by atoms with E-state index in [0.29, 0.717) is 11.7 Å². The third-order valence-corrected chi connectivity index (χ3v) is 5.20. The maximum absolute atomic E-state index is 12.5. The van der Waals surface area contributed by atoms with Gasteiger partial charge in [0.05, 0.1) is 6.04 Å². The van der Waals surface area contributed by atoms with Crippen molar-refractivity contribution in [2.45, 2.75) is 31.6 Å². The van der Waals surface area contributed by atoms with Crippen LogP contribution in [-0.2, 0) is 0 Å². The fourth-order valence-electron chi connectivity index (χ4n) is 2.64. The van der Waals surface area contributed by atoms with Crippen LogP contribution in [0.4, 0.5) is 4.79 Å². The SMILES string of the molecule is CC(NC(=O)N1CCSC(C)(C)C1)c1noc(-c2ccccc2)n1. The Morgan fingerprint density at radius 3 is 2.83 bits per heavy atom. The fraction of sp³-hybridized carbons (Fsp3) is 0.471. The third-order valence-electron chi connectivity index (χ3n) is 3.90. The highest BCUT2D eigenvalue weighted by Gasteiger charge is 2.30. The number of nitrogens with one attached hydrogen (secondary N) is 1. The summed E-state index contributed by atoms with van der Waals surface area (Å²) in [5, 5.41) is 6.96. The molecule has 1 N–H and O–H groups in total. The Morgan fingerprint density at radius 2 is 2.12 bits per heavy atom. The summed E-state index contributed by atoms with van der Waals surface area (Å²) < 4.78 is 5.39. The molecule has 2 heterocycles. The van der Waals surface area contributed by atoms with Gasteiger partial charge in [-0.3, -0.25) is 0 Å². The molecular formula is C17H22N4O2S. The number of carbonyl (C=O) groups is 1. The summed E-state index contributed by atoms with van der Waals surface area (Å²) in [4.78, 5) is 18.7. The number of hydrogen-bond acceptors (Lipinski definition) is 5. The van der Waals surface area contributed by atoms with Gasteiger partial charge >= 0.3 is 6.03 Å². The number of urea groups is 1. The number of carbonyl (C=O) groups excluding carboxylic acids is 1. The van der Waals surface area contributed by atoms with Crippen LogP contribution in [0.1, 0.15) is 32.6 Å². The highest BCUT2D eigenvalue weighted by atomic mass is 32.2. The van der Waals surface area contributed by atoms with Crippen LogP contribution in [0.5, 0.6) is 0 Å².